The van der Waals surface area contributed by atoms with Gasteiger partial charge in [-0.15, -0.1) is 0 Å². The van der Waals surface area contributed by atoms with Crippen molar-refractivity contribution in [3.05, 3.63) is 59.9 Å². The van der Waals surface area contributed by atoms with E-state index in [2.05, 4.69) is 20.5 Å². The number of benzene rings is 2. The first-order valence-electron chi connectivity index (χ1n) is 8.53. The standard InChI is InChI=1S/C20H21FN4OS/c1-25(2)12-11-22-20-24-17-9-8-16(13-18(17)27-20)23-19(26)10-5-14-3-6-15(21)7-4-14/h3-10,13H,11-12H2,1-2H3,(H,22,24)(H,23,26)/b10-5+. The largest absolute Gasteiger partial charge is 0.360 e. The number of anilines is 2. The van der Waals surface area contributed by atoms with Crippen LogP contribution in [-0.2, 0) is 4.79 Å². The number of aromatic nitrogens is 1. The Hall–Kier alpha value is -2.77. The molecule has 0 aliphatic heterocycles. The Morgan fingerprint density at radius 2 is 2.00 bits per heavy atom. The van der Waals surface area contributed by atoms with Crippen LogP contribution in [0.1, 0.15) is 5.56 Å². The normalized spacial score (nSPS) is 11.4. The summed E-state index contributed by atoms with van der Waals surface area (Å²) in [5.74, 6) is -0.544. The highest BCUT2D eigenvalue weighted by atomic mass is 32.1. The van der Waals surface area contributed by atoms with Crippen molar-refractivity contribution in [1.29, 1.82) is 0 Å². The van der Waals surface area contributed by atoms with Gasteiger partial charge in [0.15, 0.2) is 5.13 Å². The fourth-order valence-corrected chi connectivity index (χ4v) is 3.32. The van der Waals surface area contributed by atoms with Gasteiger partial charge in [-0.2, -0.15) is 0 Å². The number of rotatable bonds is 7. The third kappa shape index (κ3) is 5.60. The van der Waals surface area contributed by atoms with Gasteiger partial charge in [-0.25, -0.2) is 9.37 Å². The Morgan fingerprint density at radius 1 is 1.22 bits per heavy atom. The maximum atomic E-state index is 12.9. The van der Waals surface area contributed by atoms with Crippen LogP contribution in [0, 0.1) is 5.82 Å². The summed E-state index contributed by atoms with van der Waals surface area (Å²) in [5.41, 5.74) is 2.37. The van der Waals surface area contributed by atoms with E-state index in [4.69, 9.17) is 0 Å². The lowest BCUT2D eigenvalue weighted by molar-refractivity contribution is -0.111. The summed E-state index contributed by atoms with van der Waals surface area (Å²) in [6.45, 7) is 1.75. The molecule has 7 heteroatoms. The molecule has 0 saturated heterocycles. The van der Waals surface area contributed by atoms with Crippen molar-refractivity contribution in [3.63, 3.8) is 0 Å². The van der Waals surface area contributed by atoms with E-state index < -0.39 is 0 Å². The number of nitrogens with one attached hydrogen (secondary N) is 2. The van der Waals surface area contributed by atoms with Crippen LogP contribution < -0.4 is 10.6 Å². The van der Waals surface area contributed by atoms with Crippen molar-refractivity contribution in [3.8, 4) is 0 Å². The number of halogens is 1. The lowest BCUT2D eigenvalue weighted by Crippen LogP contribution is -2.20. The average molecular weight is 384 g/mol. The molecular formula is C20H21FN4OS. The first-order valence-corrected chi connectivity index (χ1v) is 9.35. The maximum absolute atomic E-state index is 12.9. The number of thiazole rings is 1. The van der Waals surface area contributed by atoms with E-state index in [1.165, 1.54) is 18.2 Å². The van der Waals surface area contributed by atoms with Gasteiger partial charge in [-0.3, -0.25) is 4.79 Å². The van der Waals surface area contributed by atoms with E-state index in [0.717, 1.165) is 34.0 Å². The minimum atomic E-state index is -0.301. The topological polar surface area (TPSA) is 57.3 Å². The lowest BCUT2D eigenvalue weighted by atomic mass is 10.2. The highest BCUT2D eigenvalue weighted by molar-refractivity contribution is 7.22. The van der Waals surface area contributed by atoms with E-state index in [1.54, 1.807) is 29.5 Å². The van der Waals surface area contributed by atoms with Crippen LogP contribution in [0.15, 0.2) is 48.5 Å². The van der Waals surface area contributed by atoms with Crippen LogP contribution in [-0.4, -0.2) is 43.0 Å². The maximum Gasteiger partial charge on any atom is 0.248 e. The van der Waals surface area contributed by atoms with Gasteiger partial charge in [0.25, 0.3) is 0 Å². The fourth-order valence-electron chi connectivity index (χ4n) is 2.39. The van der Waals surface area contributed by atoms with Crippen molar-refractivity contribution in [2.24, 2.45) is 0 Å². The number of carbonyl (C=O) groups excluding carboxylic acids is 1. The van der Waals surface area contributed by atoms with Crippen LogP contribution >= 0.6 is 11.3 Å². The minimum absolute atomic E-state index is 0.243. The smallest absolute Gasteiger partial charge is 0.248 e. The van der Waals surface area contributed by atoms with Gasteiger partial charge in [0.2, 0.25) is 5.91 Å². The fraction of sp³-hybridized carbons (Fsp3) is 0.200. The molecule has 0 radical (unpaired) electrons. The molecule has 0 aliphatic rings. The Morgan fingerprint density at radius 3 is 2.74 bits per heavy atom. The lowest BCUT2D eigenvalue weighted by Gasteiger charge is -2.08. The van der Waals surface area contributed by atoms with Gasteiger partial charge < -0.3 is 15.5 Å². The molecule has 1 amide bonds. The van der Waals surface area contributed by atoms with E-state index >= 15 is 0 Å². The Bertz CT molecular complexity index is 950. The van der Waals surface area contributed by atoms with Gasteiger partial charge >= 0.3 is 0 Å². The van der Waals surface area contributed by atoms with Crippen LogP contribution in [0.25, 0.3) is 16.3 Å². The number of fused-ring (bicyclic) bond motifs is 1. The zero-order chi connectivity index (χ0) is 19.2. The predicted octanol–water partition coefficient (Wildman–Crippen LogP) is 4.06. The Labute approximate surface area is 161 Å². The second kappa shape index (κ2) is 8.75. The summed E-state index contributed by atoms with van der Waals surface area (Å²) in [6, 6.07) is 11.6. The highest BCUT2D eigenvalue weighted by Crippen LogP contribution is 2.28. The van der Waals surface area contributed by atoms with Crippen molar-refractivity contribution >= 4 is 44.4 Å². The zero-order valence-corrected chi connectivity index (χ0v) is 16.0. The third-order valence-corrected chi connectivity index (χ3v) is 4.76. The second-order valence-electron chi connectivity index (χ2n) is 6.31. The van der Waals surface area contributed by atoms with Gasteiger partial charge in [-0.1, -0.05) is 23.5 Å². The summed E-state index contributed by atoms with van der Waals surface area (Å²) >= 11 is 1.56. The molecule has 1 heterocycles. The molecule has 0 unspecified atom stereocenters. The van der Waals surface area contributed by atoms with Crippen LogP contribution in [0.4, 0.5) is 15.2 Å². The third-order valence-electron chi connectivity index (χ3n) is 3.79. The number of hydrogen-bond donors (Lipinski definition) is 2. The molecule has 3 aromatic rings. The summed E-state index contributed by atoms with van der Waals surface area (Å²) in [4.78, 5) is 18.7. The molecule has 3 rings (SSSR count). The molecular weight excluding hydrogens is 363 g/mol. The summed E-state index contributed by atoms with van der Waals surface area (Å²) < 4.78 is 13.9. The molecule has 0 atom stereocenters. The molecule has 27 heavy (non-hydrogen) atoms. The second-order valence-corrected chi connectivity index (χ2v) is 7.34. The van der Waals surface area contributed by atoms with Crippen molar-refractivity contribution in [1.82, 2.24) is 9.88 Å². The molecule has 2 N–H and O–H groups in total. The number of carbonyl (C=O) groups is 1. The highest BCUT2D eigenvalue weighted by Gasteiger charge is 2.06. The van der Waals surface area contributed by atoms with Gasteiger partial charge in [0.05, 0.1) is 10.2 Å². The molecule has 0 aliphatic carbocycles. The quantitative estimate of drug-likeness (QED) is 0.603. The molecule has 0 bridgehead atoms. The average Bonchev–Trinajstić information content (AvgIpc) is 3.03. The number of likely N-dealkylation sites (N-methyl/N-ethyl adjacent to an activating group) is 1. The van der Waals surface area contributed by atoms with Gasteiger partial charge in [-0.05, 0) is 56.1 Å². The number of hydrogen-bond acceptors (Lipinski definition) is 5. The Balaban J connectivity index is 1.62. The number of amides is 1. The van der Waals surface area contributed by atoms with Crippen molar-refractivity contribution < 1.29 is 9.18 Å². The first-order chi connectivity index (χ1) is 13.0. The van der Waals surface area contributed by atoms with Crippen molar-refractivity contribution in [2.75, 3.05) is 37.8 Å². The zero-order valence-electron chi connectivity index (χ0n) is 15.2. The van der Waals surface area contributed by atoms with Crippen LogP contribution in [0.2, 0.25) is 0 Å². The number of nitrogens with zero attached hydrogens (tertiary/aromatic N) is 2. The summed E-state index contributed by atoms with van der Waals surface area (Å²) in [6.07, 6.45) is 3.07. The molecule has 140 valence electrons. The predicted molar refractivity (Wildman–Crippen MR) is 111 cm³/mol. The van der Waals surface area contributed by atoms with Gasteiger partial charge in [0, 0.05) is 24.9 Å². The molecule has 0 fully saturated rings. The van der Waals surface area contributed by atoms with Crippen molar-refractivity contribution in [2.45, 2.75) is 0 Å². The van der Waals surface area contributed by atoms with E-state index in [-0.39, 0.29) is 11.7 Å². The van der Waals surface area contributed by atoms with E-state index in [9.17, 15) is 9.18 Å². The summed E-state index contributed by atoms with van der Waals surface area (Å²) in [5, 5.41) is 7.01. The Kier molecular flexibility index (Phi) is 6.16. The molecule has 5 nitrogen and oxygen atoms in total. The SMILES string of the molecule is CN(C)CCNc1nc2ccc(NC(=O)/C=C/c3ccc(F)cc3)cc2s1. The molecule has 0 spiro atoms. The van der Waals surface area contributed by atoms with Gasteiger partial charge in [0.1, 0.15) is 5.82 Å². The molecule has 0 saturated carbocycles. The van der Waals surface area contributed by atoms with Crippen LogP contribution in [0.5, 0.6) is 0 Å². The summed E-state index contributed by atoms with van der Waals surface area (Å²) in [7, 11) is 4.05. The first kappa shape index (κ1) is 19.0. The molecule has 1 aromatic heterocycles. The van der Waals surface area contributed by atoms with Crippen LogP contribution in [0.3, 0.4) is 0 Å². The minimum Gasteiger partial charge on any atom is -0.360 e. The van der Waals surface area contributed by atoms with E-state index in [1.807, 2.05) is 32.3 Å². The van der Waals surface area contributed by atoms with E-state index in [0.29, 0.717) is 5.69 Å². The molecule has 2 aromatic carbocycles. The monoisotopic (exact) mass is 384 g/mol.